The van der Waals surface area contributed by atoms with E-state index in [4.69, 9.17) is 0 Å². The van der Waals surface area contributed by atoms with Crippen molar-refractivity contribution in [2.45, 2.75) is 39.3 Å². The van der Waals surface area contributed by atoms with Crippen molar-refractivity contribution in [1.82, 2.24) is 10.2 Å². The van der Waals surface area contributed by atoms with E-state index in [2.05, 4.69) is 10.2 Å². The quantitative estimate of drug-likeness (QED) is 0.595. The number of nitrogens with one attached hydrogen (secondary N) is 1. The molecule has 2 heterocycles. The lowest BCUT2D eigenvalue weighted by molar-refractivity contribution is -0.140. The standard InChI is InChI=1S/C10H18N2O/c1-10(2,3)9(13)12-6-7-4-8(12)5-11-7/h7-8,11H,4-6H2,1-3H3. The SMILES string of the molecule is CC(C)(C)C(=O)N1CC2CC1CN2. The average Bonchev–Trinajstić information content (AvgIpc) is 2.60. The van der Waals surface area contributed by atoms with Crippen LogP contribution in [0.15, 0.2) is 0 Å². The third-order valence-electron chi connectivity index (χ3n) is 2.96. The van der Waals surface area contributed by atoms with Gasteiger partial charge < -0.3 is 10.2 Å². The molecule has 2 atom stereocenters. The molecule has 0 aliphatic carbocycles. The molecule has 0 saturated carbocycles. The van der Waals surface area contributed by atoms with Crippen molar-refractivity contribution in [3.05, 3.63) is 0 Å². The summed E-state index contributed by atoms with van der Waals surface area (Å²) in [6.45, 7) is 7.89. The first-order valence-electron chi connectivity index (χ1n) is 5.03. The number of rotatable bonds is 0. The van der Waals surface area contributed by atoms with Crippen molar-refractivity contribution in [2.75, 3.05) is 13.1 Å². The highest BCUT2D eigenvalue weighted by Crippen LogP contribution is 2.28. The largest absolute Gasteiger partial charge is 0.336 e. The number of carbonyl (C=O) groups excluding carboxylic acids is 1. The zero-order valence-corrected chi connectivity index (χ0v) is 8.63. The molecule has 0 radical (unpaired) electrons. The number of fused-ring (bicyclic) bond motifs is 2. The second kappa shape index (κ2) is 2.71. The number of piperazine rings is 1. The van der Waals surface area contributed by atoms with Gasteiger partial charge in [0.2, 0.25) is 5.91 Å². The van der Waals surface area contributed by atoms with Crippen molar-refractivity contribution in [2.24, 2.45) is 5.41 Å². The third kappa shape index (κ3) is 1.46. The third-order valence-corrected chi connectivity index (χ3v) is 2.96. The maximum atomic E-state index is 12.0. The molecule has 0 aromatic heterocycles. The van der Waals surface area contributed by atoms with E-state index in [-0.39, 0.29) is 5.41 Å². The molecule has 2 fully saturated rings. The van der Waals surface area contributed by atoms with Gasteiger partial charge >= 0.3 is 0 Å². The maximum absolute atomic E-state index is 12.0. The Morgan fingerprint density at radius 2 is 2.15 bits per heavy atom. The lowest BCUT2D eigenvalue weighted by atomic mass is 9.94. The van der Waals surface area contributed by atoms with Gasteiger partial charge in [-0.1, -0.05) is 20.8 Å². The fourth-order valence-corrected chi connectivity index (χ4v) is 2.24. The number of hydrogen-bond donors (Lipinski definition) is 1. The van der Waals surface area contributed by atoms with E-state index in [0.29, 0.717) is 18.0 Å². The van der Waals surface area contributed by atoms with Crippen LogP contribution >= 0.6 is 0 Å². The topological polar surface area (TPSA) is 32.3 Å². The Labute approximate surface area is 79.5 Å². The Morgan fingerprint density at radius 3 is 2.54 bits per heavy atom. The van der Waals surface area contributed by atoms with Gasteiger partial charge in [-0.05, 0) is 6.42 Å². The first-order valence-corrected chi connectivity index (χ1v) is 5.03. The first-order chi connectivity index (χ1) is 5.98. The Bertz CT molecular complexity index is 232. The van der Waals surface area contributed by atoms with Gasteiger partial charge in [-0.2, -0.15) is 0 Å². The minimum Gasteiger partial charge on any atom is -0.336 e. The predicted molar refractivity (Wildman–Crippen MR) is 51.4 cm³/mol. The summed E-state index contributed by atoms with van der Waals surface area (Å²) in [4.78, 5) is 14.0. The Morgan fingerprint density at radius 1 is 1.46 bits per heavy atom. The number of likely N-dealkylation sites (tertiary alicyclic amines) is 1. The minimum atomic E-state index is -0.218. The van der Waals surface area contributed by atoms with E-state index in [1.807, 2.05) is 20.8 Å². The smallest absolute Gasteiger partial charge is 0.228 e. The normalized spacial score (nSPS) is 32.7. The summed E-state index contributed by atoms with van der Waals surface area (Å²) in [6, 6.07) is 1.04. The van der Waals surface area contributed by atoms with Crippen LogP contribution in [0.3, 0.4) is 0 Å². The molecule has 2 rings (SSSR count). The fraction of sp³-hybridized carbons (Fsp3) is 0.900. The van der Waals surface area contributed by atoms with E-state index in [1.165, 1.54) is 0 Å². The van der Waals surface area contributed by atoms with Gasteiger partial charge in [0.15, 0.2) is 0 Å². The fourth-order valence-electron chi connectivity index (χ4n) is 2.24. The summed E-state index contributed by atoms with van der Waals surface area (Å²) < 4.78 is 0. The van der Waals surface area contributed by atoms with Crippen LogP contribution in [0.2, 0.25) is 0 Å². The number of carbonyl (C=O) groups is 1. The minimum absolute atomic E-state index is 0.218. The lowest BCUT2D eigenvalue weighted by Gasteiger charge is -2.32. The van der Waals surface area contributed by atoms with Crippen LogP contribution in [0.4, 0.5) is 0 Å². The molecule has 2 unspecified atom stereocenters. The zero-order chi connectivity index (χ0) is 9.64. The molecular weight excluding hydrogens is 164 g/mol. The molecule has 13 heavy (non-hydrogen) atoms. The molecule has 0 aromatic rings. The molecule has 74 valence electrons. The molecule has 0 aromatic carbocycles. The second-order valence-electron chi connectivity index (χ2n) is 5.20. The summed E-state index contributed by atoms with van der Waals surface area (Å²) >= 11 is 0. The molecule has 1 N–H and O–H groups in total. The number of hydrogen-bond acceptors (Lipinski definition) is 2. The van der Waals surface area contributed by atoms with E-state index in [0.717, 1.165) is 19.5 Å². The Kier molecular flexibility index (Phi) is 1.88. The van der Waals surface area contributed by atoms with Gasteiger partial charge in [-0.3, -0.25) is 4.79 Å². The van der Waals surface area contributed by atoms with Crippen LogP contribution in [-0.4, -0.2) is 36.0 Å². The van der Waals surface area contributed by atoms with Crippen LogP contribution in [0.5, 0.6) is 0 Å². The van der Waals surface area contributed by atoms with Gasteiger partial charge in [0.1, 0.15) is 0 Å². The zero-order valence-electron chi connectivity index (χ0n) is 8.63. The molecule has 2 aliphatic heterocycles. The average molecular weight is 182 g/mol. The molecule has 2 bridgehead atoms. The molecule has 3 heteroatoms. The van der Waals surface area contributed by atoms with E-state index >= 15 is 0 Å². The highest BCUT2D eigenvalue weighted by atomic mass is 16.2. The monoisotopic (exact) mass is 182 g/mol. The highest BCUT2D eigenvalue weighted by molar-refractivity contribution is 5.82. The van der Waals surface area contributed by atoms with Crippen molar-refractivity contribution in [3.63, 3.8) is 0 Å². The number of amides is 1. The molecule has 2 saturated heterocycles. The van der Waals surface area contributed by atoms with Gasteiger partial charge in [0.05, 0.1) is 0 Å². The summed E-state index contributed by atoms with van der Waals surface area (Å²) in [5.74, 6) is 0.307. The molecule has 3 nitrogen and oxygen atoms in total. The summed E-state index contributed by atoms with van der Waals surface area (Å²) in [6.07, 6.45) is 1.15. The number of nitrogens with zero attached hydrogens (tertiary/aromatic N) is 1. The van der Waals surface area contributed by atoms with E-state index in [1.54, 1.807) is 0 Å². The van der Waals surface area contributed by atoms with Gasteiger partial charge in [-0.15, -0.1) is 0 Å². The molecule has 2 aliphatic rings. The molecular formula is C10H18N2O. The van der Waals surface area contributed by atoms with Crippen LogP contribution in [0.1, 0.15) is 27.2 Å². The summed E-state index contributed by atoms with van der Waals surface area (Å²) in [5.41, 5.74) is -0.218. The van der Waals surface area contributed by atoms with Crippen LogP contribution in [0, 0.1) is 5.41 Å². The second-order valence-corrected chi connectivity index (χ2v) is 5.20. The van der Waals surface area contributed by atoms with E-state index in [9.17, 15) is 4.79 Å². The van der Waals surface area contributed by atoms with Gasteiger partial charge in [-0.25, -0.2) is 0 Å². The van der Waals surface area contributed by atoms with E-state index < -0.39 is 0 Å². The van der Waals surface area contributed by atoms with Crippen molar-refractivity contribution < 1.29 is 4.79 Å². The Balaban J connectivity index is 2.07. The molecule has 0 spiro atoms. The maximum Gasteiger partial charge on any atom is 0.228 e. The van der Waals surface area contributed by atoms with Crippen LogP contribution in [0.25, 0.3) is 0 Å². The lowest BCUT2D eigenvalue weighted by Crippen LogP contribution is -2.50. The summed E-state index contributed by atoms with van der Waals surface area (Å²) in [5, 5.41) is 3.40. The molecule has 1 amide bonds. The van der Waals surface area contributed by atoms with Crippen LogP contribution in [-0.2, 0) is 4.79 Å². The van der Waals surface area contributed by atoms with Gasteiger partial charge in [0, 0.05) is 30.6 Å². The summed E-state index contributed by atoms with van der Waals surface area (Å²) in [7, 11) is 0. The van der Waals surface area contributed by atoms with Crippen molar-refractivity contribution >= 4 is 5.91 Å². The highest BCUT2D eigenvalue weighted by Gasteiger charge is 2.42. The van der Waals surface area contributed by atoms with Crippen molar-refractivity contribution in [3.8, 4) is 0 Å². The predicted octanol–water partition coefficient (Wildman–Crippen LogP) is 0.605. The Hall–Kier alpha value is -0.570. The van der Waals surface area contributed by atoms with Gasteiger partial charge in [0.25, 0.3) is 0 Å². The van der Waals surface area contributed by atoms with Crippen molar-refractivity contribution in [1.29, 1.82) is 0 Å². The van der Waals surface area contributed by atoms with Crippen LogP contribution < -0.4 is 5.32 Å². The first kappa shape index (κ1) is 9.00.